The summed E-state index contributed by atoms with van der Waals surface area (Å²) < 4.78 is 1.83. The van der Waals surface area contributed by atoms with Crippen LogP contribution in [-0.2, 0) is 7.05 Å². The molecule has 0 bridgehead atoms. The highest BCUT2D eigenvalue weighted by Crippen LogP contribution is 2.29. The molecular formula is C16H17N7OS. The van der Waals surface area contributed by atoms with Gasteiger partial charge in [0, 0.05) is 38.4 Å². The average Bonchev–Trinajstić information content (AvgIpc) is 3.36. The molecule has 1 aliphatic heterocycles. The second-order valence-electron chi connectivity index (χ2n) is 5.98. The first-order valence-electron chi connectivity index (χ1n) is 7.96. The zero-order chi connectivity index (χ0) is 17.2. The fourth-order valence-electron chi connectivity index (χ4n) is 3.00. The van der Waals surface area contributed by atoms with Crippen molar-refractivity contribution in [2.75, 3.05) is 23.3 Å². The molecule has 25 heavy (non-hydrogen) atoms. The fourth-order valence-corrected chi connectivity index (χ4v) is 3.44. The van der Waals surface area contributed by atoms with Crippen LogP contribution >= 0.6 is 11.3 Å². The number of pyridine rings is 1. The molecule has 0 aromatic carbocycles. The van der Waals surface area contributed by atoms with E-state index in [-0.39, 0.29) is 5.91 Å². The summed E-state index contributed by atoms with van der Waals surface area (Å²) in [6, 6.07) is 3.68. The molecule has 1 aliphatic rings. The summed E-state index contributed by atoms with van der Waals surface area (Å²) >= 11 is 1.28. The van der Waals surface area contributed by atoms with Gasteiger partial charge in [0.05, 0.1) is 11.8 Å². The van der Waals surface area contributed by atoms with Crippen LogP contribution in [0.15, 0.2) is 36.2 Å². The van der Waals surface area contributed by atoms with E-state index < -0.39 is 0 Å². The topological polar surface area (TPSA) is 88.8 Å². The molecule has 1 fully saturated rings. The third kappa shape index (κ3) is 3.36. The van der Waals surface area contributed by atoms with Crippen LogP contribution in [0.2, 0.25) is 0 Å². The lowest BCUT2D eigenvalue weighted by Crippen LogP contribution is -2.21. The summed E-state index contributed by atoms with van der Waals surface area (Å²) in [6.45, 7) is 1.86. The first-order valence-corrected chi connectivity index (χ1v) is 8.84. The van der Waals surface area contributed by atoms with E-state index in [1.807, 2.05) is 24.0 Å². The molecule has 0 saturated carbocycles. The molecule has 0 aliphatic carbocycles. The number of hydrogen-bond donors (Lipinski definition) is 1. The van der Waals surface area contributed by atoms with E-state index in [4.69, 9.17) is 0 Å². The predicted octanol–water partition coefficient (Wildman–Crippen LogP) is 1.91. The number of carbonyl (C=O) groups excluding carboxylic acids is 1. The largest absolute Gasteiger partial charge is 0.356 e. The summed E-state index contributed by atoms with van der Waals surface area (Å²) in [7, 11) is 1.93. The number of nitrogens with one attached hydrogen (secondary N) is 1. The Hall–Kier alpha value is -2.81. The van der Waals surface area contributed by atoms with Crippen molar-refractivity contribution in [2.24, 2.45) is 7.05 Å². The zero-order valence-corrected chi connectivity index (χ0v) is 14.5. The van der Waals surface area contributed by atoms with Gasteiger partial charge in [-0.1, -0.05) is 11.3 Å². The molecule has 3 aromatic heterocycles. The maximum atomic E-state index is 12.1. The smallest absolute Gasteiger partial charge is 0.259 e. The summed E-state index contributed by atoms with van der Waals surface area (Å²) in [6.07, 6.45) is 6.68. The van der Waals surface area contributed by atoms with Gasteiger partial charge in [0.25, 0.3) is 5.91 Å². The first kappa shape index (κ1) is 15.7. The lowest BCUT2D eigenvalue weighted by Gasteiger charge is -2.17. The van der Waals surface area contributed by atoms with Gasteiger partial charge in [-0.15, -0.1) is 10.2 Å². The van der Waals surface area contributed by atoms with Gasteiger partial charge in [-0.3, -0.25) is 14.8 Å². The second kappa shape index (κ2) is 6.60. The van der Waals surface area contributed by atoms with Crippen molar-refractivity contribution >= 4 is 28.2 Å². The maximum Gasteiger partial charge on any atom is 0.259 e. The summed E-state index contributed by atoms with van der Waals surface area (Å²) in [5.41, 5.74) is 3.34. The van der Waals surface area contributed by atoms with E-state index in [1.54, 1.807) is 17.8 Å². The van der Waals surface area contributed by atoms with Gasteiger partial charge in [-0.2, -0.15) is 5.10 Å². The molecule has 0 spiro atoms. The van der Waals surface area contributed by atoms with Crippen molar-refractivity contribution in [3.8, 4) is 0 Å². The third-order valence-corrected chi connectivity index (χ3v) is 4.91. The number of carbonyl (C=O) groups is 1. The molecule has 0 radical (unpaired) electrons. The number of rotatable bonds is 4. The molecule has 1 atom stereocenters. The summed E-state index contributed by atoms with van der Waals surface area (Å²) in [5.74, 6) is 1.13. The van der Waals surface area contributed by atoms with Gasteiger partial charge in [0.1, 0.15) is 11.3 Å². The maximum absolute atomic E-state index is 12.1. The van der Waals surface area contributed by atoms with Gasteiger partial charge < -0.3 is 4.90 Å². The average molecular weight is 355 g/mol. The highest BCUT2D eigenvalue weighted by Gasteiger charge is 2.25. The van der Waals surface area contributed by atoms with E-state index in [9.17, 15) is 4.79 Å². The van der Waals surface area contributed by atoms with Crippen molar-refractivity contribution in [2.45, 2.75) is 12.3 Å². The summed E-state index contributed by atoms with van der Waals surface area (Å²) in [5, 5.41) is 14.9. The number of nitrogens with zero attached hydrogens (tertiary/aromatic N) is 6. The molecule has 1 unspecified atom stereocenters. The Kier molecular flexibility index (Phi) is 4.14. The standard InChI is InChI=1S/C16H17N7OS/c1-22-8-13(7-19-22)12-4-5-23(9-12)14-3-2-11(6-17-14)15(24)20-16-21-18-10-25-16/h2-3,6-8,10,12H,4-5,9H2,1H3,(H,20,21,24). The number of aryl methyl sites for hydroxylation is 1. The Morgan fingerprint density at radius 2 is 2.28 bits per heavy atom. The lowest BCUT2D eigenvalue weighted by molar-refractivity contribution is 0.102. The molecule has 4 heterocycles. The molecule has 1 amide bonds. The molecule has 1 saturated heterocycles. The quantitative estimate of drug-likeness (QED) is 0.769. The first-order chi connectivity index (χ1) is 12.2. The van der Waals surface area contributed by atoms with Gasteiger partial charge >= 0.3 is 0 Å². The summed E-state index contributed by atoms with van der Waals surface area (Å²) in [4.78, 5) is 18.8. The molecule has 128 valence electrons. The Labute approximate surface area is 148 Å². The Morgan fingerprint density at radius 1 is 1.36 bits per heavy atom. The van der Waals surface area contributed by atoms with Crippen molar-refractivity contribution in [3.63, 3.8) is 0 Å². The number of anilines is 2. The van der Waals surface area contributed by atoms with Crippen LogP contribution in [0.1, 0.15) is 28.3 Å². The predicted molar refractivity (Wildman–Crippen MR) is 94.9 cm³/mol. The van der Waals surface area contributed by atoms with Crippen LogP contribution in [0.5, 0.6) is 0 Å². The normalized spacial score (nSPS) is 17.0. The Balaban J connectivity index is 1.41. The molecule has 1 N–H and O–H groups in total. The van der Waals surface area contributed by atoms with Gasteiger partial charge in [-0.25, -0.2) is 4.98 Å². The molecular weight excluding hydrogens is 338 g/mol. The van der Waals surface area contributed by atoms with Crippen molar-refractivity contribution < 1.29 is 4.79 Å². The van der Waals surface area contributed by atoms with Gasteiger partial charge in [0.15, 0.2) is 0 Å². The van der Waals surface area contributed by atoms with Crippen LogP contribution in [0.25, 0.3) is 0 Å². The Bertz CT molecular complexity index is 859. The van der Waals surface area contributed by atoms with E-state index in [0.717, 1.165) is 25.3 Å². The van der Waals surface area contributed by atoms with Crippen LogP contribution in [-0.4, -0.2) is 44.0 Å². The van der Waals surface area contributed by atoms with Crippen LogP contribution < -0.4 is 10.2 Å². The minimum atomic E-state index is -0.231. The highest BCUT2D eigenvalue weighted by molar-refractivity contribution is 7.13. The monoisotopic (exact) mass is 355 g/mol. The molecule has 9 heteroatoms. The minimum Gasteiger partial charge on any atom is -0.356 e. The van der Waals surface area contributed by atoms with E-state index in [1.165, 1.54) is 16.9 Å². The SMILES string of the molecule is Cn1cc(C2CCN(c3ccc(C(=O)Nc4nncs4)cn3)C2)cn1. The van der Waals surface area contributed by atoms with Gasteiger partial charge in [0.2, 0.25) is 5.13 Å². The minimum absolute atomic E-state index is 0.231. The van der Waals surface area contributed by atoms with Crippen molar-refractivity contribution in [1.82, 2.24) is 25.0 Å². The molecule has 4 rings (SSSR count). The molecule has 3 aromatic rings. The number of hydrogen-bond acceptors (Lipinski definition) is 7. The molecule has 8 nitrogen and oxygen atoms in total. The Morgan fingerprint density at radius 3 is 2.96 bits per heavy atom. The second-order valence-corrected chi connectivity index (χ2v) is 6.82. The van der Waals surface area contributed by atoms with Crippen molar-refractivity contribution in [3.05, 3.63) is 47.4 Å². The fraction of sp³-hybridized carbons (Fsp3) is 0.312. The van der Waals surface area contributed by atoms with Gasteiger partial charge in [-0.05, 0) is 24.1 Å². The lowest BCUT2D eigenvalue weighted by atomic mass is 10.0. The van der Waals surface area contributed by atoms with E-state index in [0.29, 0.717) is 16.6 Å². The van der Waals surface area contributed by atoms with E-state index >= 15 is 0 Å². The van der Waals surface area contributed by atoms with Crippen LogP contribution in [0.3, 0.4) is 0 Å². The third-order valence-electron chi connectivity index (χ3n) is 4.30. The van der Waals surface area contributed by atoms with E-state index in [2.05, 4.69) is 36.7 Å². The number of amides is 1. The number of aromatic nitrogens is 5. The van der Waals surface area contributed by atoms with Crippen LogP contribution in [0, 0.1) is 0 Å². The zero-order valence-electron chi connectivity index (χ0n) is 13.7. The van der Waals surface area contributed by atoms with Crippen molar-refractivity contribution in [1.29, 1.82) is 0 Å². The van der Waals surface area contributed by atoms with Crippen LogP contribution in [0.4, 0.5) is 10.9 Å². The highest BCUT2D eigenvalue weighted by atomic mass is 32.1.